The standard InChI is InChI=1S/C11H5BrClN5O2/c12-7-3-6(4-14)1-2-8(7)16-10-9(18(19)20)5-15-11(13)17-10/h1-3,5H,(H,15,16,17). The molecule has 0 spiro atoms. The molecule has 0 aliphatic heterocycles. The maximum atomic E-state index is 10.9. The minimum atomic E-state index is -0.615. The van der Waals surface area contributed by atoms with E-state index >= 15 is 0 Å². The van der Waals surface area contributed by atoms with Gasteiger partial charge in [-0.3, -0.25) is 10.1 Å². The van der Waals surface area contributed by atoms with Crippen LogP contribution in [-0.4, -0.2) is 14.9 Å². The van der Waals surface area contributed by atoms with Gasteiger partial charge in [0.2, 0.25) is 11.1 Å². The third-order valence-corrected chi connectivity index (χ3v) is 3.13. The minimum absolute atomic E-state index is 0.0274. The van der Waals surface area contributed by atoms with Gasteiger partial charge >= 0.3 is 5.69 Å². The van der Waals surface area contributed by atoms with Crippen LogP contribution in [0.5, 0.6) is 0 Å². The Kier molecular flexibility index (Phi) is 4.12. The molecule has 0 radical (unpaired) electrons. The van der Waals surface area contributed by atoms with E-state index in [9.17, 15) is 10.1 Å². The fourth-order valence-electron chi connectivity index (χ4n) is 1.39. The van der Waals surface area contributed by atoms with Crippen molar-refractivity contribution in [1.82, 2.24) is 9.97 Å². The van der Waals surface area contributed by atoms with Crippen LogP contribution in [0.15, 0.2) is 28.9 Å². The zero-order valence-corrected chi connectivity index (χ0v) is 12.0. The van der Waals surface area contributed by atoms with E-state index in [1.165, 1.54) is 0 Å². The quantitative estimate of drug-likeness (QED) is 0.514. The molecule has 0 fully saturated rings. The zero-order chi connectivity index (χ0) is 14.7. The van der Waals surface area contributed by atoms with Crippen LogP contribution in [0, 0.1) is 21.4 Å². The van der Waals surface area contributed by atoms with E-state index in [4.69, 9.17) is 16.9 Å². The molecule has 0 unspecified atom stereocenters. The summed E-state index contributed by atoms with van der Waals surface area (Å²) in [7, 11) is 0. The molecule has 0 saturated heterocycles. The fraction of sp³-hybridized carbons (Fsp3) is 0. The first-order chi connectivity index (χ1) is 9.51. The largest absolute Gasteiger partial charge is 0.333 e. The van der Waals surface area contributed by atoms with Gasteiger partial charge in [-0.25, -0.2) is 4.98 Å². The van der Waals surface area contributed by atoms with Gasteiger partial charge < -0.3 is 5.32 Å². The van der Waals surface area contributed by atoms with Gasteiger partial charge in [-0.1, -0.05) is 0 Å². The molecule has 7 nitrogen and oxygen atoms in total. The molecule has 0 aliphatic carbocycles. The van der Waals surface area contributed by atoms with Crippen molar-refractivity contribution < 1.29 is 4.92 Å². The van der Waals surface area contributed by atoms with Crippen LogP contribution in [0.3, 0.4) is 0 Å². The summed E-state index contributed by atoms with van der Waals surface area (Å²) >= 11 is 8.90. The van der Waals surface area contributed by atoms with Crippen molar-refractivity contribution in [3.8, 4) is 6.07 Å². The first-order valence-corrected chi connectivity index (χ1v) is 6.32. The van der Waals surface area contributed by atoms with E-state index in [1.54, 1.807) is 18.2 Å². The maximum Gasteiger partial charge on any atom is 0.329 e. The molecular weight excluding hydrogens is 350 g/mol. The van der Waals surface area contributed by atoms with Gasteiger partial charge in [0.1, 0.15) is 6.20 Å². The van der Waals surface area contributed by atoms with Gasteiger partial charge in [-0.15, -0.1) is 0 Å². The first-order valence-electron chi connectivity index (χ1n) is 5.15. The Balaban J connectivity index is 2.42. The molecule has 0 saturated carbocycles. The second-order valence-electron chi connectivity index (χ2n) is 3.56. The summed E-state index contributed by atoms with van der Waals surface area (Å²) in [6.07, 6.45) is 1.02. The van der Waals surface area contributed by atoms with Crippen molar-refractivity contribution in [2.75, 3.05) is 5.32 Å². The number of anilines is 2. The van der Waals surface area contributed by atoms with Crippen LogP contribution in [-0.2, 0) is 0 Å². The van der Waals surface area contributed by atoms with Crippen molar-refractivity contribution in [3.05, 3.63) is 49.8 Å². The molecule has 1 aromatic carbocycles. The number of rotatable bonds is 3. The monoisotopic (exact) mass is 353 g/mol. The van der Waals surface area contributed by atoms with Crippen molar-refractivity contribution in [1.29, 1.82) is 5.26 Å². The molecule has 9 heteroatoms. The SMILES string of the molecule is N#Cc1ccc(Nc2nc(Cl)ncc2[N+](=O)[O-])c(Br)c1. The molecule has 0 amide bonds. The van der Waals surface area contributed by atoms with E-state index in [1.807, 2.05) is 6.07 Å². The summed E-state index contributed by atoms with van der Waals surface area (Å²) in [5, 5.41) is 22.3. The number of hydrogen-bond donors (Lipinski definition) is 1. The molecule has 0 atom stereocenters. The number of nitro groups is 1. The van der Waals surface area contributed by atoms with E-state index in [2.05, 4.69) is 31.2 Å². The summed E-state index contributed by atoms with van der Waals surface area (Å²) in [5.41, 5.74) is 0.671. The number of benzene rings is 1. The highest BCUT2D eigenvalue weighted by Crippen LogP contribution is 2.30. The Bertz CT molecular complexity index is 731. The summed E-state index contributed by atoms with van der Waals surface area (Å²) < 4.78 is 0.570. The summed E-state index contributed by atoms with van der Waals surface area (Å²) in [6, 6.07) is 6.74. The second kappa shape index (κ2) is 5.81. The molecule has 0 bridgehead atoms. The van der Waals surface area contributed by atoms with Gasteiger partial charge in [0.15, 0.2) is 0 Å². The van der Waals surface area contributed by atoms with Crippen LogP contribution in [0.4, 0.5) is 17.2 Å². The van der Waals surface area contributed by atoms with Crippen molar-refractivity contribution in [3.63, 3.8) is 0 Å². The van der Waals surface area contributed by atoms with Crippen LogP contribution in [0.25, 0.3) is 0 Å². The van der Waals surface area contributed by atoms with Crippen molar-refractivity contribution in [2.45, 2.75) is 0 Å². The summed E-state index contributed by atoms with van der Waals surface area (Å²) in [5.74, 6) is -0.0274. The Morgan fingerprint density at radius 1 is 1.50 bits per heavy atom. The average Bonchev–Trinajstić information content (AvgIpc) is 2.40. The smallest absolute Gasteiger partial charge is 0.329 e. The molecule has 1 aromatic heterocycles. The number of halogens is 2. The lowest BCUT2D eigenvalue weighted by Crippen LogP contribution is -2.01. The highest BCUT2D eigenvalue weighted by molar-refractivity contribution is 9.10. The first kappa shape index (κ1) is 14.2. The Morgan fingerprint density at radius 2 is 2.25 bits per heavy atom. The Hall–Kier alpha value is -2.24. The van der Waals surface area contributed by atoms with Gasteiger partial charge in [0, 0.05) is 4.47 Å². The Labute approximate surface area is 126 Å². The van der Waals surface area contributed by atoms with E-state index in [-0.39, 0.29) is 16.8 Å². The molecule has 0 aliphatic rings. The number of nitriles is 1. The molecule has 20 heavy (non-hydrogen) atoms. The molecular formula is C11H5BrClN5O2. The summed E-state index contributed by atoms with van der Waals surface area (Å²) in [4.78, 5) is 17.6. The van der Waals surface area contributed by atoms with Crippen molar-refractivity contribution in [2.24, 2.45) is 0 Å². The van der Waals surface area contributed by atoms with Crippen LogP contribution in [0.1, 0.15) is 5.56 Å². The van der Waals surface area contributed by atoms with E-state index in [0.29, 0.717) is 15.7 Å². The second-order valence-corrected chi connectivity index (χ2v) is 4.75. The van der Waals surface area contributed by atoms with E-state index in [0.717, 1.165) is 6.20 Å². The maximum absolute atomic E-state index is 10.9. The molecule has 100 valence electrons. The molecule has 2 aromatic rings. The highest BCUT2D eigenvalue weighted by Gasteiger charge is 2.17. The van der Waals surface area contributed by atoms with Gasteiger partial charge in [-0.2, -0.15) is 10.2 Å². The number of nitrogens with one attached hydrogen (secondary N) is 1. The lowest BCUT2D eigenvalue weighted by atomic mass is 10.2. The topological polar surface area (TPSA) is 105 Å². The van der Waals surface area contributed by atoms with Gasteiger partial charge in [0.05, 0.1) is 22.2 Å². The lowest BCUT2D eigenvalue weighted by molar-refractivity contribution is -0.384. The summed E-state index contributed by atoms with van der Waals surface area (Å²) in [6.45, 7) is 0. The average molecular weight is 355 g/mol. The highest BCUT2D eigenvalue weighted by atomic mass is 79.9. The van der Waals surface area contributed by atoms with Gasteiger partial charge in [0.25, 0.3) is 0 Å². The molecule has 2 rings (SSSR count). The normalized spacial score (nSPS) is 9.85. The van der Waals surface area contributed by atoms with E-state index < -0.39 is 4.92 Å². The van der Waals surface area contributed by atoms with Gasteiger partial charge in [-0.05, 0) is 45.7 Å². The third-order valence-electron chi connectivity index (χ3n) is 2.29. The fourth-order valence-corrected chi connectivity index (χ4v) is 2.00. The van der Waals surface area contributed by atoms with Crippen LogP contribution >= 0.6 is 27.5 Å². The van der Waals surface area contributed by atoms with Crippen LogP contribution < -0.4 is 5.32 Å². The number of aromatic nitrogens is 2. The van der Waals surface area contributed by atoms with Crippen LogP contribution in [0.2, 0.25) is 5.28 Å². The minimum Gasteiger partial charge on any atom is -0.333 e. The molecule has 1 N–H and O–H groups in total. The third kappa shape index (κ3) is 3.01. The lowest BCUT2D eigenvalue weighted by Gasteiger charge is -2.08. The predicted octanol–water partition coefficient (Wildman–Crippen LogP) is 3.42. The number of hydrogen-bond acceptors (Lipinski definition) is 6. The van der Waals surface area contributed by atoms with Crippen molar-refractivity contribution >= 4 is 44.7 Å². The zero-order valence-electron chi connectivity index (χ0n) is 9.67. The molecule has 1 heterocycles. The number of nitrogens with zero attached hydrogens (tertiary/aromatic N) is 4. The predicted molar refractivity (Wildman–Crippen MR) is 75.8 cm³/mol. The Morgan fingerprint density at radius 3 is 2.85 bits per heavy atom.